The minimum absolute atomic E-state index is 0.0127. The molecular weight excluding hydrogens is 1690 g/mol. The SMILES string of the molecule is C=CC(C=C)OC(=O)C(CCCCCCCCC)Oc1ncc(-c2ccc3c(c2)C2(c4nc5c(nc4-3)C3(c4cc(-c6ccc7c(c6)C6(c8cc9cc%10c(cc9cc8-7)C7(c8cc9cc%11c(cc9cc8-%10)C8(c9cc(C)ccc9-%11)C9(C)CCCC8(C)CCC9)C8(C)CCCC7(C)CCC8)C7(C)CCCC6(C)CCC7)ccc4-5)C4(CCCC)CCC3(CCCC)CC4)C3(CCCC)CCC2(CCCC)CC3)cn1. The second-order valence-electron chi connectivity index (χ2n) is 51.1. The Morgan fingerprint density at radius 1 is 0.331 bits per heavy atom. The highest BCUT2D eigenvalue weighted by Gasteiger charge is 2.80. The molecule has 0 saturated heterocycles. The molecule has 10 saturated carbocycles. The first-order chi connectivity index (χ1) is 67.3. The Morgan fingerprint density at radius 2 is 0.626 bits per heavy atom. The summed E-state index contributed by atoms with van der Waals surface area (Å²) in [5, 5.41) is 5.83. The van der Waals surface area contributed by atoms with Gasteiger partial charge in [-0.25, -0.2) is 24.7 Å². The van der Waals surface area contributed by atoms with E-state index in [2.05, 4.69) is 218 Å². The van der Waals surface area contributed by atoms with Crippen molar-refractivity contribution in [2.75, 3.05) is 0 Å². The summed E-state index contributed by atoms with van der Waals surface area (Å²) in [7, 11) is 0. The van der Waals surface area contributed by atoms with E-state index in [0.29, 0.717) is 6.42 Å². The average Bonchev–Trinajstić information content (AvgIpc) is 1.45. The number of carbonyl (C=O) groups is 1. The van der Waals surface area contributed by atoms with E-state index in [0.717, 1.165) is 30.4 Å². The zero-order valence-electron chi connectivity index (χ0n) is 87.0. The maximum Gasteiger partial charge on any atom is 0.348 e. The quantitative estimate of drug-likeness (QED) is 0.0274. The molecule has 139 heavy (non-hydrogen) atoms. The van der Waals surface area contributed by atoms with Gasteiger partial charge in [0.25, 0.3) is 0 Å². The summed E-state index contributed by atoms with van der Waals surface area (Å²) in [5.41, 5.74) is 36.0. The van der Waals surface area contributed by atoms with Crippen LogP contribution in [0.25, 0.3) is 99.7 Å². The van der Waals surface area contributed by atoms with Gasteiger partial charge >= 0.3 is 12.0 Å². The van der Waals surface area contributed by atoms with Crippen molar-refractivity contribution in [3.63, 3.8) is 0 Å². The number of benzene rings is 8. The summed E-state index contributed by atoms with van der Waals surface area (Å²) in [6, 6.07) is 54.2. The second kappa shape index (κ2) is 32.3. The van der Waals surface area contributed by atoms with Gasteiger partial charge in [0.2, 0.25) is 0 Å². The topological polar surface area (TPSA) is 87.1 Å². The van der Waals surface area contributed by atoms with Crippen LogP contribution >= 0.6 is 0 Å². The Labute approximate surface area is 832 Å². The first-order valence-electron chi connectivity index (χ1n) is 57.0. The van der Waals surface area contributed by atoms with Gasteiger partial charge < -0.3 is 9.47 Å². The van der Waals surface area contributed by atoms with Crippen LogP contribution in [0.15, 0.2) is 159 Å². The molecule has 724 valence electrons. The highest BCUT2D eigenvalue weighted by atomic mass is 16.6. The number of hydrogen-bond acceptors (Lipinski definition) is 7. The fourth-order valence-electron chi connectivity index (χ4n) is 39.7. The van der Waals surface area contributed by atoms with Crippen molar-refractivity contribution in [2.45, 2.75) is 418 Å². The number of aromatic nitrogens is 4. The van der Waals surface area contributed by atoms with E-state index in [4.69, 9.17) is 29.4 Å². The lowest BCUT2D eigenvalue weighted by Crippen LogP contribution is -2.60. The first kappa shape index (κ1) is 91.4. The summed E-state index contributed by atoms with van der Waals surface area (Å²) >= 11 is 0. The first-order valence-corrected chi connectivity index (χ1v) is 57.0. The van der Waals surface area contributed by atoms with Gasteiger partial charge in [-0.3, -0.25) is 0 Å². The molecule has 15 aliphatic rings. The fraction of sp³-hybridized carbons (Fsp3) is 0.568. The van der Waals surface area contributed by atoms with E-state index in [1.54, 1.807) is 62.2 Å². The zero-order valence-corrected chi connectivity index (χ0v) is 87.0. The number of fused-ring (bicyclic) bond motifs is 17. The Bertz CT molecular complexity index is 6560. The summed E-state index contributed by atoms with van der Waals surface area (Å²) < 4.78 is 12.4. The van der Waals surface area contributed by atoms with Crippen LogP contribution in [0.3, 0.4) is 0 Å². The van der Waals surface area contributed by atoms with Crippen molar-refractivity contribution in [1.82, 2.24) is 19.9 Å². The third-order valence-corrected chi connectivity index (χ3v) is 45.0. The smallest absolute Gasteiger partial charge is 0.348 e. The van der Waals surface area contributed by atoms with Gasteiger partial charge in [0.05, 0.1) is 33.6 Å². The molecule has 10 bridgehead atoms. The van der Waals surface area contributed by atoms with Gasteiger partial charge in [-0.15, -0.1) is 0 Å². The van der Waals surface area contributed by atoms with Gasteiger partial charge in [0.1, 0.15) is 6.10 Å². The number of unbranched alkanes of at least 4 members (excludes halogenated alkanes) is 10. The predicted octanol–water partition coefficient (Wildman–Crippen LogP) is 35.7. The standard InChI is InChI=1S/C132H158N4O3/c1-15-22-27-28-29-30-31-38-111(116(137)138-94(20-6)21-7)139-117-133-83-93(84-134-117)88-42-46-98-106(78-88)132(126(61-25-18-4)67-69-127(132,70-68-126)62-26-19-5)115-113(98)136-114-112(135-115)97-45-41-87(77-105(97)131(114)124(59-23-16-2)63-65-125(131,66-64-124)60-24-17-3)86-40-44-96-100-73-90-82-110-102(75-92(90)80-108(100)129(104(96)76-86)120(11)51-34-53-121(129,12)54-35-52-120)101-74-91-79-107-99(72-89(91)81-109(101)130(110)122(13)55-36-57-123(130,14)58-37-56-122)95-43-39-85(8)71-103(95)128(107)118(9)47-32-49-119(128,10)50-33-48-118/h20-21,39-46,71-84,94,111H,6-7,15-19,22-38,47-70H2,1-5,8-14H3. The van der Waals surface area contributed by atoms with E-state index in [-0.39, 0.29) is 87.2 Å². The Hall–Kier alpha value is -8.81. The maximum absolute atomic E-state index is 14.0. The van der Waals surface area contributed by atoms with Crippen LogP contribution in [0.4, 0.5) is 0 Å². The molecule has 0 aliphatic heterocycles. The van der Waals surface area contributed by atoms with Crippen LogP contribution in [0.5, 0.6) is 6.01 Å². The molecule has 1 atom stereocenters. The molecule has 15 aliphatic carbocycles. The second-order valence-corrected chi connectivity index (χ2v) is 51.1. The van der Waals surface area contributed by atoms with Crippen LogP contribution in [-0.2, 0) is 36.6 Å². The monoisotopic (exact) mass is 1850 g/mol. The molecule has 10 fully saturated rings. The lowest BCUT2D eigenvalue weighted by atomic mass is 9.38. The van der Waals surface area contributed by atoms with Crippen molar-refractivity contribution in [3.8, 4) is 84.2 Å². The van der Waals surface area contributed by atoms with Crippen molar-refractivity contribution in [2.24, 2.45) is 54.1 Å². The number of rotatable bonds is 28. The number of hydrogen-bond donors (Lipinski definition) is 0. The molecule has 1 unspecified atom stereocenters. The molecule has 0 N–H and O–H groups in total. The number of carbonyl (C=O) groups excluding carboxylic acids is 1. The van der Waals surface area contributed by atoms with Crippen LogP contribution in [0, 0.1) is 61.1 Å². The molecule has 0 amide bonds. The Morgan fingerprint density at radius 3 is 0.971 bits per heavy atom. The van der Waals surface area contributed by atoms with E-state index in [1.807, 2.05) is 12.4 Å². The number of ether oxygens (including phenoxy) is 2. The molecule has 5 spiro atoms. The minimum atomic E-state index is -0.857. The molecule has 7 heteroatoms. The molecule has 0 radical (unpaired) electrons. The summed E-state index contributed by atoms with van der Waals surface area (Å²) in [4.78, 5) is 37.6. The van der Waals surface area contributed by atoms with Gasteiger partial charge in [0, 0.05) is 45.3 Å². The van der Waals surface area contributed by atoms with Crippen molar-refractivity contribution >= 4 is 27.5 Å². The number of nitrogens with zero attached hydrogens (tertiary/aromatic N) is 4. The van der Waals surface area contributed by atoms with Crippen molar-refractivity contribution in [3.05, 3.63) is 220 Å². The van der Waals surface area contributed by atoms with E-state index in [1.165, 1.54) is 370 Å². The van der Waals surface area contributed by atoms with Crippen LogP contribution in [-0.4, -0.2) is 38.1 Å². The van der Waals surface area contributed by atoms with Gasteiger partial charge in [-0.2, -0.15) is 0 Å². The Kier molecular flexibility index (Phi) is 21.3. The van der Waals surface area contributed by atoms with Gasteiger partial charge in [-0.1, -0.05) is 278 Å². The van der Waals surface area contributed by atoms with Crippen LogP contribution in [0.1, 0.15) is 433 Å². The molecule has 25 rings (SSSR count). The van der Waals surface area contributed by atoms with Crippen molar-refractivity contribution in [1.29, 1.82) is 0 Å². The Balaban J connectivity index is 0.644. The van der Waals surface area contributed by atoms with Gasteiger partial charge in [0.15, 0.2) is 6.10 Å². The van der Waals surface area contributed by atoms with Crippen molar-refractivity contribution < 1.29 is 14.3 Å². The molecule has 2 aromatic heterocycles. The summed E-state index contributed by atoms with van der Waals surface area (Å²) in [5.74, 6) is -0.442. The lowest BCUT2D eigenvalue weighted by molar-refractivity contribution is -0.154. The highest BCUT2D eigenvalue weighted by Crippen LogP contribution is 2.86. The van der Waals surface area contributed by atoms with E-state index in [9.17, 15) is 4.79 Å². The number of aryl methyl sites for hydroxylation is 1. The molecular formula is C132H158N4O3. The largest absolute Gasteiger partial charge is 0.451 e. The molecule has 7 nitrogen and oxygen atoms in total. The minimum Gasteiger partial charge on any atom is -0.451 e. The maximum atomic E-state index is 14.0. The van der Waals surface area contributed by atoms with Crippen LogP contribution < -0.4 is 4.74 Å². The third-order valence-electron chi connectivity index (χ3n) is 45.0. The fourth-order valence-corrected chi connectivity index (χ4v) is 39.7. The average molecular weight is 1850 g/mol. The van der Waals surface area contributed by atoms with Gasteiger partial charge in [-0.05, 0) is 423 Å². The molecule has 2 heterocycles. The summed E-state index contributed by atoms with van der Waals surface area (Å²) in [6.07, 6.45) is 61.6. The normalized spacial score (nSPS) is 33.6. The zero-order chi connectivity index (χ0) is 95.3. The number of esters is 1. The lowest BCUT2D eigenvalue weighted by Gasteiger charge is -2.65. The predicted molar refractivity (Wildman–Crippen MR) is 573 cm³/mol. The van der Waals surface area contributed by atoms with E-state index >= 15 is 0 Å². The van der Waals surface area contributed by atoms with Crippen LogP contribution in [0.2, 0.25) is 0 Å². The third kappa shape index (κ3) is 11.6. The summed E-state index contributed by atoms with van der Waals surface area (Å²) in [6.45, 7) is 38.9. The molecule has 10 aromatic rings. The van der Waals surface area contributed by atoms with E-state index < -0.39 is 18.2 Å². The highest BCUT2D eigenvalue weighted by molar-refractivity contribution is 6.04. The molecule has 8 aromatic carbocycles.